The number of rotatable bonds is 5. The minimum Gasteiger partial charge on any atom is -0.508 e. The standard InChI is InChI=1S/C26H24N2O5/c1-15-12-21(33-3)16(2)11-20(15)24(30)22-23(18-5-4-6-19(29)13-18)28(26(32)25(22)31)14-17-7-9-27-10-8-17/h4-13,23,29-30H,14H2,1-3H3/b24-22+. The molecule has 1 atom stereocenters. The zero-order valence-electron chi connectivity index (χ0n) is 18.6. The van der Waals surface area contributed by atoms with Gasteiger partial charge in [-0.25, -0.2) is 0 Å². The molecular weight excluding hydrogens is 420 g/mol. The van der Waals surface area contributed by atoms with E-state index in [1.807, 2.05) is 6.92 Å². The van der Waals surface area contributed by atoms with E-state index in [4.69, 9.17) is 4.74 Å². The van der Waals surface area contributed by atoms with Gasteiger partial charge in [-0.1, -0.05) is 12.1 Å². The Labute approximate surface area is 191 Å². The fourth-order valence-corrected chi connectivity index (χ4v) is 4.18. The number of hydrogen-bond donors (Lipinski definition) is 2. The largest absolute Gasteiger partial charge is 0.508 e. The van der Waals surface area contributed by atoms with Crippen molar-refractivity contribution in [3.8, 4) is 11.5 Å². The summed E-state index contributed by atoms with van der Waals surface area (Å²) in [6, 6.07) is 12.5. The van der Waals surface area contributed by atoms with Gasteiger partial charge in [0.1, 0.15) is 17.3 Å². The number of carbonyl (C=O) groups excluding carboxylic acids is 2. The topological polar surface area (TPSA) is 100.0 Å². The number of benzene rings is 2. The number of aliphatic hydroxyl groups is 1. The van der Waals surface area contributed by atoms with Gasteiger partial charge in [0, 0.05) is 24.5 Å². The van der Waals surface area contributed by atoms with E-state index in [0.717, 1.165) is 11.1 Å². The first-order valence-corrected chi connectivity index (χ1v) is 10.4. The van der Waals surface area contributed by atoms with Crippen LogP contribution in [-0.2, 0) is 16.1 Å². The summed E-state index contributed by atoms with van der Waals surface area (Å²) in [6.07, 6.45) is 3.22. The van der Waals surface area contributed by atoms with E-state index < -0.39 is 17.7 Å². The average Bonchev–Trinajstić information content (AvgIpc) is 3.05. The minimum absolute atomic E-state index is 0.00142. The number of phenolic OH excluding ortho intramolecular Hbond substituents is 1. The van der Waals surface area contributed by atoms with Crippen molar-refractivity contribution >= 4 is 17.4 Å². The number of aromatic nitrogens is 1. The number of amides is 1. The molecule has 0 radical (unpaired) electrons. The minimum atomic E-state index is -0.868. The number of Topliss-reactive ketones (excluding diaryl/α,β-unsaturated/α-hetero) is 1. The van der Waals surface area contributed by atoms with Crippen molar-refractivity contribution in [2.24, 2.45) is 0 Å². The molecule has 7 heteroatoms. The number of carbonyl (C=O) groups is 2. The van der Waals surface area contributed by atoms with Gasteiger partial charge >= 0.3 is 0 Å². The van der Waals surface area contributed by atoms with Gasteiger partial charge in [-0.3, -0.25) is 14.6 Å². The lowest BCUT2D eigenvalue weighted by molar-refractivity contribution is -0.140. The number of phenols is 1. The van der Waals surface area contributed by atoms with Crippen molar-refractivity contribution < 1.29 is 24.5 Å². The summed E-state index contributed by atoms with van der Waals surface area (Å²) < 4.78 is 5.35. The number of pyridine rings is 1. The molecule has 1 amide bonds. The summed E-state index contributed by atoms with van der Waals surface area (Å²) in [4.78, 5) is 31.7. The van der Waals surface area contributed by atoms with E-state index in [2.05, 4.69) is 4.98 Å². The molecule has 1 aliphatic heterocycles. The molecular formula is C26H24N2O5. The first-order chi connectivity index (χ1) is 15.8. The number of aliphatic hydroxyl groups excluding tert-OH is 1. The first-order valence-electron chi connectivity index (χ1n) is 10.4. The highest BCUT2D eigenvalue weighted by Gasteiger charge is 2.46. The van der Waals surface area contributed by atoms with Crippen LogP contribution in [0, 0.1) is 13.8 Å². The Kier molecular flexibility index (Phi) is 5.87. The number of nitrogens with zero attached hydrogens (tertiary/aromatic N) is 2. The van der Waals surface area contributed by atoms with E-state index in [1.54, 1.807) is 62.8 Å². The Morgan fingerprint density at radius 1 is 1.06 bits per heavy atom. The van der Waals surface area contributed by atoms with Gasteiger partial charge in [-0.05, 0) is 72.5 Å². The predicted molar refractivity (Wildman–Crippen MR) is 123 cm³/mol. The van der Waals surface area contributed by atoms with Crippen molar-refractivity contribution in [1.29, 1.82) is 0 Å². The normalized spacial score (nSPS) is 17.4. The van der Waals surface area contributed by atoms with Crippen molar-refractivity contribution in [3.63, 3.8) is 0 Å². The van der Waals surface area contributed by atoms with Crippen molar-refractivity contribution in [1.82, 2.24) is 9.88 Å². The second kappa shape index (κ2) is 8.78. The van der Waals surface area contributed by atoms with Crippen LogP contribution in [0.5, 0.6) is 11.5 Å². The van der Waals surface area contributed by atoms with E-state index in [-0.39, 0.29) is 23.6 Å². The van der Waals surface area contributed by atoms with E-state index in [1.165, 1.54) is 17.0 Å². The van der Waals surface area contributed by atoms with Gasteiger partial charge in [0.25, 0.3) is 11.7 Å². The zero-order chi connectivity index (χ0) is 23.7. The third kappa shape index (κ3) is 4.05. The van der Waals surface area contributed by atoms with Crippen LogP contribution in [0.1, 0.15) is 33.9 Å². The van der Waals surface area contributed by atoms with Crippen LogP contribution in [0.3, 0.4) is 0 Å². The third-order valence-electron chi connectivity index (χ3n) is 5.83. The lowest BCUT2D eigenvalue weighted by Gasteiger charge is -2.25. The molecule has 7 nitrogen and oxygen atoms in total. The smallest absolute Gasteiger partial charge is 0.295 e. The van der Waals surface area contributed by atoms with Gasteiger partial charge in [0.15, 0.2) is 0 Å². The molecule has 2 N–H and O–H groups in total. The summed E-state index contributed by atoms with van der Waals surface area (Å²) >= 11 is 0. The lowest BCUT2D eigenvalue weighted by Crippen LogP contribution is -2.29. The quantitative estimate of drug-likeness (QED) is 0.350. The zero-order valence-corrected chi connectivity index (χ0v) is 18.6. The molecule has 1 aromatic heterocycles. The Morgan fingerprint density at radius 2 is 1.79 bits per heavy atom. The van der Waals surface area contributed by atoms with Crippen LogP contribution in [0.4, 0.5) is 0 Å². The molecule has 33 heavy (non-hydrogen) atoms. The monoisotopic (exact) mass is 444 g/mol. The second-order valence-corrected chi connectivity index (χ2v) is 8.01. The van der Waals surface area contributed by atoms with Crippen LogP contribution in [0.25, 0.3) is 5.76 Å². The molecule has 0 bridgehead atoms. The maximum Gasteiger partial charge on any atom is 0.295 e. The fraction of sp³-hybridized carbons (Fsp3) is 0.192. The molecule has 0 aliphatic carbocycles. The van der Waals surface area contributed by atoms with Gasteiger partial charge in [-0.15, -0.1) is 0 Å². The summed E-state index contributed by atoms with van der Waals surface area (Å²) in [5.41, 5.74) is 3.21. The predicted octanol–water partition coefficient (Wildman–Crippen LogP) is 4.03. The number of hydrogen-bond acceptors (Lipinski definition) is 6. The number of likely N-dealkylation sites (tertiary alicyclic amines) is 1. The number of aromatic hydroxyl groups is 1. The summed E-state index contributed by atoms with van der Waals surface area (Å²) in [5, 5.41) is 21.4. The molecule has 2 heterocycles. The highest BCUT2D eigenvalue weighted by atomic mass is 16.5. The van der Waals surface area contributed by atoms with Crippen LogP contribution in [0.2, 0.25) is 0 Å². The molecule has 1 unspecified atom stereocenters. The SMILES string of the molecule is COc1cc(C)c(/C(O)=C2\C(=O)C(=O)N(Cc3ccncc3)C2c2cccc(O)c2)cc1C. The Morgan fingerprint density at radius 3 is 2.45 bits per heavy atom. The summed E-state index contributed by atoms with van der Waals surface area (Å²) in [5.74, 6) is -1.10. The highest BCUT2D eigenvalue weighted by molar-refractivity contribution is 6.46. The van der Waals surface area contributed by atoms with E-state index >= 15 is 0 Å². The molecule has 4 rings (SSSR count). The summed E-state index contributed by atoms with van der Waals surface area (Å²) in [7, 11) is 1.56. The Hall–Kier alpha value is -4.13. The number of ketones is 1. The molecule has 2 aromatic carbocycles. The maximum absolute atomic E-state index is 13.2. The number of ether oxygens (including phenoxy) is 1. The molecule has 168 valence electrons. The molecule has 1 saturated heterocycles. The van der Waals surface area contributed by atoms with E-state index in [9.17, 15) is 19.8 Å². The maximum atomic E-state index is 13.2. The molecule has 0 saturated carbocycles. The number of aryl methyl sites for hydroxylation is 2. The summed E-state index contributed by atoms with van der Waals surface area (Å²) in [6.45, 7) is 3.78. The van der Waals surface area contributed by atoms with Gasteiger partial charge in [0.05, 0.1) is 18.7 Å². The molecule has 3 aromatic rings. The second-order valence-electron chi connectivity index (χ2n) is 8.01. The van der Waals surface area contributed by atoms with Gasteiger partial charge in [0.2, 0.25) is 0 Å². The lowest BCUT2D eigenvalue weighted by atomic mass is 9.93. The molecule has 1 aliphatic rings. The fourth-order valence-electron chi connectivity index (χ4n) is 4.18. The average molecular weight is 444 g/mol. The Balaban J connectivity index is 1.91. The van der Waals surface area contributed by atoms with Crippen LogP contribution in [0.15, 0.2) is 66.5 Å². The van der Waals surface area contributed by atoms with Crippen LogP contribution < -0.4 is 4.74 Å². The van der Waals surface area contributed by atoms with Crippen LogP contribution >= 0.6 is 0 Å². The van der Waals surface area contributed by atoms with E-state index in [0.29, 0.717) is 22.4 Å². The first kappa shape index (κ1) is 22.1. The van der Waals surface area contributed by atoms with Crippen molar-refractivity contribution in [2.75, 3.05) is 7.11 Å². The number of methoxy groups -OCH3 is 1. The third-order valence-corrected chi connectivity index (χ3v) is 5.83. The molecule has 1 fully saturated rings. The molecule has 0 spiro atoms. The van der Waals surface area contributed by atoms with Crippen LogP contribution in [-0.4, -0.2) is 38.9 Å². The van der Waals surface area contributed by atoms with Crippen molar-refractivity contribution in [2.45, 2.75) is 26.4 Å². The van der Waals surface area contributed by atoms with Crippen molar-refractivity contribution in [3.05, 3.63) is 94.3 Å². The van der Waals surface area contributed by atoms with Gasteiger partial charge in [-0.2, -0.15) is 0 Å². The Bertz CT molecular complexity index is 1270. The highest BCUT2D eigenvalue weighted by Crippen LogP contribution is 2.42. The van der Waals surface area contributed by atoms with Gasteiger partial charge < -0.3 is 19.8 Å².